The number of pyridine rings is 2. The number of unbranched alkanes of at least 4 members (excludes halogenated alkanes) is 2. The van der Waals surface area contributed by atoms with E-state index in [1.807, 2.05) is 18.2 Å². The van der Waals surface area contributed by atoms with E-state index in [0.717, 1.165) is 45.1 Å². The molecular formula is C39H42Br2ClN8O4+. The molecule has 282 valence electrons. The number of rotatable bonds is 10. The molecule has 0 unspecified atom stereocenters. The fourth-order valence-corrected chi connectivity index (χ4v) is 5.22. The lowest BCUT2D eigenvalue weighted by Crippen LogP contribution is -2.29. The molecule has 3 aromatic heterocycles. The van der Waals surface area contributed by atoms with Gasteiger partial charge in [-0.3, -0.25) is 9.59 Å². The van der Waals surface area contributed by atoms with Gasteiger partial charge in [-0.15, -0.1) is 0 Å². The molecule has 0 spiro atoms. The van der Waals surface area contributed by atoms with Gasteiger partial charge in [0.05, 0.1) is 16.4 Å². The van der Waals surface area contributed by atoms with Gasteiger partial charge in [-0.05, 0) is 99.2 Å². The molecular weight excluding hydrogens is 840 g/mol. The van der Waals surface area contributed by atoms with Crippen LogP contribution < -0.4 is 21.7 Å². The summed E-state index contributed by atoms with van der Waals surface area (Å²) in [6.45, 7) is 5.66. The Hall–Kier alpha value is -5.07. The lowest BCUT2D eigenvalue weighted by Gasteiger charge is -2.08. The molecule has 0 aliphatic carbocycles. The highest BCUT2D eigenvalue weighted by atomic mass is 79.9. The van der Waals surface area contributed by atoms with Crippen molar-refractivity contribution in [1.82, 2.24) is 20.3 Å². The monoisotopic (exact) mass is 879 g/mol. The van der Waals surface area contributed by atoms with Crippen LogP contribution in [-0.2, 0) is 4.79 Å². The van der Waals surface area contributed by atoms with Gasteiger partial charge in [-0.2, -0.15) is 15.3 Å². The number of urea groups is 1. The Kier molecular flexibility index (Phi) is 20.3. The molecule has 54 heavy (non-hydrogen) atoms. The smallest absolute Gasteiger partial charge is 0.319 e. The quantitative estimate of drug-likeness (QED) is 0.0229. The number of anilines is 2. The Morgan fingerprint density at radius 3 is 2.35 bits per heavy atom. The van der Waals surface area contributed by atoms with Gasteiger partial charge in [-0.25, -0.2) is 14.6 Å². The van der Waals surface area contributed by atoms with Crippen molar-refractivity contribution in [2.45, 2.75) is 47.0 Å². The minimum Gasteiger partial charge on any atom is -0.345 e. The predicted octanol–water partition coefficient (Wildman–Crippen LogP) is 9.94. The fourth-order valence-electron chi connectivity index (χ4n) is 4.42. The maximum atomic E-state index is 12.9. The van der Waals surface area contributed by atoms with Crippen molar-refractivity contribution in [2.24, 2.45) is 10.7 Å². The lowest BCUT2D eigenvalue weighted by atomic mass is 10.0. The van der Waals surface area contributed by atoms with Gasteiger partial charge in [0, 0.05) is 57.2 Å². The number of aliphatic imine (C=N–C) groups is 1. The van der Waals surface area contributed by atoms with Crippen molar-refractivity contribution in [3.05, 3.63) is 117 Å². The van der Waals surface area contributed by atoms with Gasteiger partial charge in [0.25, 0.3) is 11.1 Å². The maximum Gasteiger partial charge on any atom is 0.319 e. The number of aromatic nitrogens is 3. The number of amides is 2. The van der Waals surface area contributed by atoms with Crippen LogP contribution in [0.1, 0.15) is 78.8 Å². The average Bonchev–Trinajstić information content (AvgIpc) is 3.79. The third-order valence-corrected chi connectivity index (χ3v) is 8.13. The Labute approximate surface area is 336 Å². The minimum atomic E-state index is -0.571. The summed E-state index contributed by atoms with van der Waals surface area (Å²) in [5.41, 5.74) is 9.17. The number of hydrogen-bond acceptors (Lipinski definition) is 9. The third-order valence-electron chi connectivity index (χ3n) is 7.05. The first-order valence-electron chi connectivity index (χ1n) is 16.5. The van der Waals surface area contributed by atoms with E-state index in [-0.39, 0.29) is 19.2 Å². The SMILES string of the molecule is Brc1cnc2c(c1)C=[C+]N2.C.CCCCN.CCCCNC(=O)Nc1cccc(C(=O)c2c[nH]c3ncc(Br)cc23)c1.O=C=Nc1cccc(C(=O)Cl)c1. The van der Waals surface area contributed by atoms with E-state index in [9.17, 15) is 19.2 Å². The molecule has 6 rings (SSSR count). The normalized spacial score (nSPS) is 10.1. The minimum absolute atomic E-state index is 0. The van der Waals surface area contributed by atoms with Gasteiger partial charge in [-0.1, -0.05) is 52.3 Å². The highest BCUT2D eigenvalue weighted by molar-refractivity contribution is 9.10. The number of isocyanates is 1. The predicted molar refractivity (Wildman–Crippen MR) is 224 cm³/mol. The molecule has 0 saturated carbocycles. The molecule has 1 aliphatic heterocycles. The summed E-state index contributed by atoms with van der Waals surface area (Å²) >= 11 is 11.9. The van der Waals surface area contributed by atoms with Crippen LogP contribution in [0.5, 0.6) is 0 Å². The van der Waals surface area contributed by atoms with Crippen LogP contribution in [0.15, 0.2) is 93.2 Å². The lowest BCUT2D eigenvalue weighted by molar-refractivity contribution is 0.103. The van der Waals surface area contributed by atoms with Crippen molar-refractivity contribution >= 4 is 101 Å². The summed E-state index contributed by atoms with van der Waals surface area (Å²) < 4.78 is 1.80. The number of carbonyl (C=O) groups excluding carboxylic acids is 4. The van der Waals surface area contributed by atoms with Gasteiger partial charge in [0.1, 0.15) is 17.9 Å². The molecule has 2 amide bonds. The second kappa shape index (κ2) is 24.3. The summed E-state index contributed by atoms with van der Waals surface area (Å²) in [6.07, 6.45) is 15.5. The topological polar surface area (TPSA) is 184 Å². The number of H-pyrrole nitrogens is 1. The van der Waals surface area contributed by atoms with Gasteiger partial charge < -0.3 is 21.4 Å². The van der Waals surface area contributed by atoms with Crippen molar-refractivity contribution in [2.75, 3.05) is 23.7 Å². The first kappa shape index (κ1) is 45.1. The van der Waals surface area contributed by atoms with Crippen LogP contribution in [0.2, 0.25) is 0 Å². The number of nitrogens with one attached hydrogen (secondary N) is 4. The van der Waals surface area contributed by atoms with Crippen LogP contribution in [0.25, 0.3) is 17.1 Å². The van der Waals surface area contributed by atoms with Gasteiger partial charge in [0.15, 0.2) is 11.3 Å². The van der Waals surface area contributed by atoms with Crippen LogP contribution >= 0.6 is 43.5 Å². The summed E-state index contributed by atoms with van der Waals surface area (Å²) in [5.74, 6) is 0.745. The van der Waals surface area contributed by atoms with Crippen molar-refractivity contribution in [1.29, 1.82) is 0 Å². The molecule has 5 aromatic rings. The summed E-state index contributed by atoms with van der Waals surface area (Å²) in [5, 5.41) is 8.61. The molecule has 12 nitrogen and oxygen atoms in total. The van der Waals surface area contributed by atoms with E-state index in [4.69, 9.17) is 17.3 Å². The number of ketones is 1. The summed E-state index contributed by atoms with van der Waals surface area (Å²) in [4.78, 5) is 59.9. The van der Waals surface area contributed by atoms with E-state index < -0.39 is 5.24 Å². The molecule has 0 fully saturated rings. The van der Waals surface area contributed by atoms with Crippen molar-refractivity contribution in [3.63, 3.8) is 0 Å². The van der Waals surface area contributed by atoms with Crippen molar-refractivity contribution < 1.29 is 19.2 Å². The summed E-state index contributed by atoms with van der Waals surface area (Å²) in [7, 11) is 0. The van der Waals surface area contributed by atoms with E-state index in [1.54, 1.807) is 61.1 Å². The van der Waals surface area contributed by atoms with Crippen molar-refractivity contribution in [3.8, 4) is 0 Å². The second-order valence-electron chi connectivity index (χ2n) is 11.1. The first-order valence-corrected chi connectivity index (χ1v) is 18.5. The van der Waals surface area contributed by atoms with Crippen LogP contribution in [0.3, 0.4) is 0 Å². The molecule has 6 N–H and O–H groups in total. The maximum absolute atomic E-state index is 12.9. The average molecular weight is 882 g/mol. The first-order chi connectivity index (χ1) is 25.6. The van der Waals surface area contributed by atoms with E-state index in [0.29, 0.717) is 40.3 Å². The Bertz CT molecular complexity index is 2060. The second-order valence-corrected chi connectivity index (χ2v) is 13.2. The number of hydrogen-bond donors (Lipinski definition) is 5. The van der Waals surface area contributed by atoms with Gasteiger partial charge in [0.2, 0.25) is 6.08 Å². The fraction of sp³-hybridized carbons (Fsp3) is 0.231. The molecule has 0 bridgehead atoms. The molecule has 1 aliphatic rings. The standard InChI is InChI=1S/C19H19BrN4O2.C8H4ClNO2.C7H4BrN2.C4H11N.CH4/c1-2-3-7-21-19(26)24-14-6-4-5-12(8-14)17(25)16-11-23-18-15(16)9-13(20)10-22-18;9-8(12)6-2-1-3-7(4-6)10-5-11;8-6-3-5-1-2-9-7(5)10-4-6;1-2-3-4-5;/h4-6,8-11H,2-3,7H2,1H3,(H,22,23)(H2,21,24,26);1-4H;1,3-4H,(H,9,10);2-5H2,1H3;1H4/q;;+1;;. The zero-order valence-electron chi connectivity index (χ0n) is 29.0. The largest absolute Gasteiger partial charge is 0.345 e. The third kappa shape index (κ3) is 14.7. The number of fused-ring (bicyclic) bond motifs is 2. The molecule has 0 atom stereocenters. The van der Waals surface area contributed by atoms with E-state index in [1.165, 1.54) is 25.0 Å². The van der Waals surface area contributed by atoms with Crippen LogP contribution in [-0.4, -0.2) is 51.2 Å². The zero-order chi connectivity index (χ0) is 38.6. The number of halogens is 3. The Morgan fingerprint density at radius 2 is 1.67 bits per heavy atom. The molecule has 2 aromatic carbocycles. The van der Waals surface area contributed by atoms with Crippen LogP contribution in [0.4, 0.5) is 22.0 Å². The van der Waals surface area contributed by atoms with E-state index >= 15 is 0 Å². The summed E-state index contributed by atoms with van der Waals surface area (Å²) in [6, 6.07) is 16.6. The Morgan fingerprint density at radius 1 is 0.963 bits per heavy atom. The number of aromatic amines is 1. The number of carbonyl (C=O) groups is 3. The highest BCUT2D eigenvalue weighted by Gasteiger charge is 2.18. The molecule has 0 radical (unpaired) electrons. The van der Waals surface area contributed by atoms with Crippen LogP contribution in [0, 0.1) is 6.20 Å². The zero-order valence-corrected chi connectivity index (χ0v) is 32.9. The number of benzene rings is 2. The van der Waals surface area contributed by atoms with E-state index in [2.05, 4.69) is 87.8 Å². The highest BCUT2D eigenvalue weighted by Crippen LogP contribution is 2.24. The molecule has 15 heteroatoms. The Balaban J connectivity index is 0.000000297. The number of nitrogens with two attached hydrogens (primary N) is 1. The number of nitrogens with zero attached hydrogens (tertiary/aromatic N) is 3. The molecule has 0 saturated heterocycles. The van der Waals surface area contributed by atoms with Gasteiger partial charge >= 0.3 is 6.03 Å². The molecule has 4 heterocycles.